The Hall–Kier alpha value is -0.590. The molecule has 0 aromatic carbocycles. The molecule has 19 heavy (non-hydrogen) atoms. The van der Waals surface area contributed by atoms with Gasteiger partial charge in [-0.2, -0.15) is 16.7 Å². The molecule has 6 heteroatoms. The molecule has 1 aromatic heterocycles. The Morgan fingerprint density at radius 1 is 1.47 bits per heavy atom. The van der Waals surface area contributed by atoms with Gasteiger partial charge in [0.25, 0.3) is 0 Å². The molecule has 0 bridgehead atoms. The highest BCUT2D eigenvalue weighted by Crippen LogP contribution is 2.32. The molecule has 2 saturated heterocycles. The van der Waals surface area contributed by atoms with Crippen LogP contribution in [0.1, 0.15) is 37.9 Å². The van der Waals surface area contributed by atoms with Gasteiger partial charge < -0.3 is 14.6 Å². The fraction of sp³-hybridized carbons (Fsp3) is 0.846. The van der Waals surface area contributed by atoms with E-state index >= 15 is 0 Å². The van der Waals surface area contributed by atoms with Crippen LogP contribution in [0.4, 0.5) is 0 Å². The van der Waals surface area contributed by atoms with Crippen molar-refractivity contribution >= 4 is 11.8 Å². The first-order valence-corrected chi connectivity index (χ1v) is 8.20. The fourth-order valence-corrected chi connectivity index (χ4v) is 3.57. The summed E-state index contributed by atoms with van der Waals surface area (Å²) in [4.78, 5) is 4.55. The van der Waals surface area contributed by atoms with Gasteiger partial charge in [0.05, 0.1) is 0 Å². The zero-order chi connectivity index (χ0) is 13.1. The molecule has 2 atom stereocenters. The van der Waals surface area contributed by atoms with Crippen molar-refractivity contribution in [2.24, 2.45) is 0 Å². The minimum atomic E-state index is -0.352. The van der Waals surface area contributed by atoms with Gasteiger partial charge in [-0.05, 0) is 26.2 Å². The van der Waals surface area contributed by atoms with Gasteiger partial charge in [0.15, 0.2) is 0 Å². The Kier molecular flexibility index (Phi) is 4.10. The van der Waals surface area contributed by atoms with E-state index in [-0.39, 0.29) is 5.60 Å². The van der Waals surface area contributed by atoms with Gasteiger partial charge in [0, 0.05) is 37.1 Å². The van der Waals surface area contributed by atoms with E-state index in [1.807, 2.05) is 11.8 Å². The van der Waals surface area contributed by atoms with Crippen molar-refractivity contribution in [2.45, 2.75) is 44.2 Å². The van der Waals surface area contributed by atoms with Gasteiger partial charge in [-0.3, -0.25) is 0 Å². The van der Waals surface area contributed by atoms with E-state index in [0.717, 1.165) is 44.1 Å². The Morgan fingerprint density at radius 2 is 2.42 bits per heavy atom. The van der Waals surface area contributed by atoms with Crippen LogP contribution >= 0.6 is 11.8 Å². The SMILES string of the molecule is CC1(c2noc(CC3CSCCN3)n2)CCCCO1. The Balaban J connectivity index is 1.65. The highest BCUT2D eigenvalue weighted by Gasteiger charge is 2.35. The minimum Gasteiger partial charge on any atom is -0.367 e. The number of hydrogen-bond donors (Lipinski definition) is 1. The Morgan fingerprint density at radius 3 is 3.16 bits per heavy atom. The van der Waals surface area contributed by atoms with Crippen LogP contribution in [-0.2, 0) is 16.8 Å². The third-order valence-electron chi connectivity index (χ3n) is 3.83. The number of thioether (sulfide) groups is 1. The summed E-state index contributed by atoms with van der Waals surface area (Å²) in [6, 6.07) is 0.451. The van der Waals surface area contributed by atoms with Gasteiger partial charge in [0.1, 0.15) is 5.60 Å². The first kappa shape index (κ1) is 13.4. The third-order valence-corrected chi connectivity index (χ3v) is 4.96. The fourth-order valence-electron chi connectivity index (χ4n) is 2.62. The summed E-state index contributed by atoms with van der Waals surface area (Å²) in [7, 11) is 0. The summed E-state index contributed by atoms with van der Waals surface area (Å²) in [5.74, 6) is 3.75. The van der Waals surface area contributed by atoms with Gasteiger partial charge in [-0.15, -0.1) is 0 Å². The average molecular weight is 283 g/mol. The zero-order valence-corrected chi connectivity index (χ0v) is 12.2. The van der Waals surface area contributed by atoms with Crippen LogP contribution in [0, 0.1) is 0 Å². The van der Waals surface area contributed by atoms with E-state index in [9.17, 15) is 0 Å². The van der Waals surface area contributed by atoms with Gasteiger partial charge in [-0.25, -0.2) is 0 Å². The molecule has 0 saturated carbocycles. The van der Waals surface area contributed by atoms with Crippen LogP contribution in [0.2, 0.25) is 0 Å². The predicted molar refractivity (Wildman–Crippen MR) is 74.3 cm³/mol. The van der Waals surface area contributed by atoms with Crippen LogP contribution in [0.25, 0.3) is 0 Å². The lowest BCUT2D eigenvalue weighted by atomic mass is 9.95. The molecule has 106 valence electrons. The van der Waals surface area contributed by atoms with E-state index in [1.54, 1.807) is 0 Å². The van der Waals surface area contributed by atoms with Crippen molar-refractivity contribution in [3.63, 3.8) is 0 Å². The molecule has 2 unspecified atom stereocenters. The van der Waals surface area contributed by atoms with Crippen molar-refractivity contribution in [1.82, 2.24) is 15.5 Å². The Labute approximate surface area is 117 Å². The molecule has 0 amide bonds. The highest BCUT2D eigenvalue weighted by atomic mass is 32.2. The summed E-state index contributed by atoms with van der Waals surface area (Å²) in [5.41, 5.74) is -0.352. The maximum atomic E-state index is 5.85. The van der Waals surface area contributed by atoms with E-state index in [1.165, 1.54) is 12.2 Å². The number of nitrogens with zero attached hydrogens (tertiary/aromatic N) is 2. The van der Waals surface area contributed by atoms with E-state index < -0.39 is 0 Å². The first-order valence-electron chi connectivity index (χ1n) is 7.04. The molecule has 2 aliphatic rings. The van der Waals surface area contributed by atoms with Crippen LogP contribution in [0.5, 0.6) is 0 Å². The standard InChI is InChI=1S/C13H21N3O2S/c1-13(4-2-3-6-17-13)12-15-11(18-16-12)8-10-9-19-7-5-14-10/h10,14H,2-9H2,1H3. The van der Waals surface area contributed by atoms with E-state index in [4.69, 9.17) is 9.26 Å². The number of nitrogens with one attached hydrogen (secondary N) is 1. The number of rotatable bonds is 3. The van der Waals surface area contributed by atoms with Crippen molar-refractivity contribution in [2.75, 3.05) is 24.7 Å². The quantitative estimate of drug-likeness (QED) is 0.911. The predicted octanol–water partition coefficient (Wildman–Crippen LogP) is 1.73. The van der Waals surface area contributed by atoms with Crippen molar-refractivity contribution in [3.8, 4) is 0 Å². The molecule has 2 fully saturated rings. The van der Waals surface area contributed by atoms with Crippen molar-refractivity contribution in [1.29, 1.82) is 0 Å². The average Bonchev–Trinajstić information content (AvgIpc) is 2.90. The molecule has 3 heterocycles. The van der Waals surface area contributed by atoms with E-state index in [2.05, 4.69) is 22.4 Å². The second-order valence-electron chi connectivity index (χ2n) is 5.48. The van der Waals surface area contributed by atoms with Crippen LogP contribution in [0.15, 0.2) is 4.52 Å². The molecular weight excluding hydrogens is 262 g/mol. The zero-order valence-electron chi connectivity index (χ0n) is 11.4. The number of ether oxygens (including phenoxy) is 1. The number of aromatic nitrogens is 2. The largest absolute Gasteiger partial charge is 0.367 e. The molecule has 2 aliphatic heterocycles. The summed E-state index contributed by atoms with van der Waals surface area (Å²) >= 11 is 1.98. The minimum absolute atomic E-state index is 0.352. The molecule has 0 aliphatic carbocycles. The molecule has 0 spiro atoms. The lowest BCUT2D eigenvalue weighted by Gasteiger charge is -2.30. The molecule has 1 N–H and O–H groups in total. The maximum absolute atomic E-state index is 5.85. The normalized spacial score (nSPS) is 32.4. The van der Waals surface area contributed by atoms with E-state index in [0.29, 0.717) is 11.9 Å². The Bertz CT molecular complexity index is 412. The second kappa shape index (κ2) is 5.81. The molecular formula is C13H21N3O2S. The van der Waals surface area contributed by atoms with Crippen LogP contribution < -0.4 is 5.32 Å². The van der Waals surface area contributed by atoms with Crippen molar-refractivity contribution < 1.29 is 9.26 Å². The molecule has 5 nitrogen and oxygen atoms in total. The van der Waals surface area contributed by atoms with Gasteiger partial charge in [-0.1, -0.05) is 5.16 Å². The van der Waals surface area contributed by atoms with Gasteiger partial charge >= 0.3 is 0 Å². The summed E-state index contributed by atoms with van der Waals surface area (Å²) in [6.45, 7) is 3.92. The van der Waals surface area contributed by atoms with Crippen LogP contribution in [0.3, 0.4) is 0 Å². The summed E-state index contributed by atoms with van der Waals surface area (Å²) < 4.78 is 11.2. The second-order valence-corrected chi connectivity index (χ2v) is 6.63. The number of hydrogen-bond acceptors (Lipinski definition) is 6. The van der Waals surface area contributed by atoms with Crippen LogP contribution in [-0.4, -0.2) is 40.8 Å². The van der Waals surface area contributed by atoms with Crippen molar-refractivity contribution in [3.05, 3.63) is 11.7 Å². The third kappa shape index (κ3) is 3.12. The lowest BCUT2D eigenvalue weighted by molar-refractivity contribution is -0.0770. The molecule has 1 aromatic rings. The summed E-state index contributed by atoms with van der Waals surface area (Å²) in [6.07, 6.45) is 4.09. The topological polar surface area (TPSA) is 60.2 Å². The maximum Gasteiger partial charge on any atom is 0.228 e. The first-order chi connectivity index (χ1) is 9.26. The monoisotopic (exact) mass is 283 g/mol. The molecule has 0 radical (unpaired) electrons. The van der Waals surface area contributed by atoms with Gasteiger partial charge in [0.2, 0.25) is 11.7 Å². The molecule has 3 rings (SSSR count). The highest BCUT2D eigenvalue weighted by molar-refractivity contribution is 7.99. The smallest absolute Gasteiger partial charge is 0.228 e. The lowest BCUT2D eigenvalue weighted by Crippen LogP contribution is -2.39. The summed E-state index contributed by atoms with van der Waals surface area (Å²) in [5, 5.41) is 7.62.